The fourth-order valence-corrected chi connectivity index (χ4v) is 3.83. The zero-order chi connectivity index (χ0) is 21.1. The van der Waals surface area contributed by atoms with Crippen molar-refractivity contribution < 1.29 is 9.21 Å². The molecule has 0 atom stereocenters. The summed E-state index contributed by atoms with van der Waals surface area (Å²) in [6, 6.07) is 7.97. The normalized spacial score (nSPS) is 11.4. The molecule has 0 aliphatic heterocycles. The highest BCUT2D eigenvalue weighted by molar-refractivity contribution is 7.99. The van der Waals surface area contributed by atoms with Crippen molar-refractivity contribution in [3.05, 3.63) is 47.4 Å². The first-order valence-electron chi connectivity index (χ1n) is 9.60. The monoisotopic (exact) mass is 413 g/mol. The first-order valence-corrected chi connectivity index (χ1v) is 10.6. The van der Waals surface area contributed by atoms with E-state index in [0.717, 1.165) is 22.4 Å². The van der Waals surface area contributed by atoms with Gasteiger partial charge in [0.15, 0.2) is 5.82 Å². The molecule has 0 bridgehead atoms. The lowest BCUT2D eigenvalue weighted by Crippen LogP contribution is -2.19. The van der Waals surface area contributed by atoms with E-state index >= 15 is 0 Å². The van der Waals surface area contributed by atoms with Crippen molar-refractivity contribution >= 4 is 23.4 Å². The molecular formula is C21H27N5O2S. The molecule has 0 fully saturated rings. The Kier molecular flexibility index (Phi) is 6.32. The molecule has 29 heavy (non-hydrogen) atoms. The minimum atomic E-state index is -0.103. The Morgan fingerprint density at radius 1 is 1.17 bits per heavy atom. The van der Waals surface area contributed by atoms with Gasteiger partial charge in [0.05, 0.1) is 17.6 Å². The Hall–Kier alpha value is -2.74. The van der Waals surface area contributed by atoms with Crippen LogP contribution in [0.4, 0.5) is 5.69 Å². The first kappa shape index (κ1) is 21.0. The van der Waals surface area contributed by atoms with E-state index in [9.17, 15) is 4.79 Å². The molecule has 7 nitrogen and oxygen atoms in total. The van der Waals surface area contributed by atoms with Crippen LogP contribution < -0.4 is 11.2 Å². The molecule has 3 rings (SSSR count). The number of nitrogen functional groups attached to an aromatic ring is 1. The number of hydrogen-bond donors (Lipinski definition) is 2. The summed E-state index contributed by atoms with van der Waals surface area (Å²) >= 11 is 1.25. The number of nitrogens with zero attached hydrogens (tertiary/aromatic N) is 3. The number of aromatic nitrogens is 3. The fourth-order valence-electron chi connectivity index (χ4n) is 3.18. The molecule has 154 valence electrons. The summed E-state index contributed by atoms with van der Waals surface area (Å²) < 4.78 is 6.69. The van der Waals surface area contributed by atoms with Gasteiger partial charge in [-0.25, -0.2) is 4.68 Å². The number of rotatable bonds is 7. The van der Waals surface area contributed by atoms with Crippen LogP contribution in [0.5, 0.6) is 0 Å². The minimum Gasteiger partial charge on any atom is -0.469 e. The third-order valence-corrected chi connectivity index (χ3v) is 5.68. The van der Waals surface area contributed by atoms with Crippen LogP contribution in [0, 0.1) is 6.92 Å². The van der Waals surface area contributed by atoms with Gasteiger partial charge in [-0.15, -0.1) is 10.2 Å². The maximum atomic E-state index is 12.7. The summed E-state index contributed by atoms with van der Waals surface area (Å²) in [5.74, 6) is 8.05. The second-order valence-corrected chi connectivity index (χ2v) is 8.47. The molecule has 0 saturated carbocycles. The van der Waals surface area contributed by atoms with Crippen LogP contribution in [0.2, 0.25) is 0 Å². The molecule has 0 unspecified atom stereocenters. The summed E-state index contributed by atoms with van der Waals surface area (Å²) in [4.78, 5) is 12.7. The number of para-hydroxylation sites is 1. The van der Waals surface area contributed by atoms with Gasteiger partial charge in [-0.3, -0.25) is 4.79 Å². The molecule has 0 saturated heterocycles. The molecule has 8 heteroatoms. The topological polar surface area (TPSA) is 99.0 Å². The molecule has 0 radical (unpaired) electrons. The SMILES string of the molecule is Cc1occc1-c1nnc(SCC(=O)Nc2c(C(C)C)cccc2C(C)C)n1N. The van der Waals surface area contributed by atoms with E-state index < -0.39 is 0 Å². The molecule has 1 amide bonds. The van der Waals surface area contributed by atoms with Crippen LogP contribution >= 0.6 is 11.8 Å². The van der Waals surface area contributed by atoms with Crippen LogP contribution in [-0.4, -0.2) is 26.5 Å². The third-order valence-electron chi connectivity index (χ3n) is 4.73. The Bertz CT molecular complexity index is 980. The number of furan rings is 1. The average Bonchev–Trinajstić information content (AvgIpc) is 3.24. The number of nitrogens with one attached hydrogen (secondary N) is 1. The van der Waals surface area contributed by atoms with E-state index in [2.05, 4.69) is 55.3 Å². The molecule has 1 aromatic carbocycles. The van der Waals surface area contributed by atoms with Crippen LogP contribution in [-0.2, 0) is 4.79 Å². The first-order chi connectivity index (χ1) is 13.8. The number of carbonyl (C=O) groups excluding carboxylic acids is 1. The van der Waals surface area contributed by atoms with Gasteiger partial charge in [0, 0.05) is 5.69 Å². The smallest absolute Gasteiger partial charge is 0.234 e. The molecule has 0 spiro atoms. The molecule has 2 aromatic heterocycles. The third kappa shape index (κ3) is 4.48. The Morgan fingerprint density at radius 3 is 2.38 bits per heavy atom. The summed E-state index contributed by atoms with van der Waals surface area (Å²) in [7, 11) is 0. The lowest BCUT2D eigenvalue weighted by atomic mass is 9.92. The number of hydrogen-bond acceptors (Lipinski definition) is 6. The summed E-state index contributed by atoms with van der Waals surface area (Å²) in [6.45, 7) is 10.3. The molecule has 3 aromatic rings. The van der Waals surface area contributed by atoms with Gasteiger partial charge < -0.3 is 15.6 Å². The highest BCUT2D eigenvalue weighted by Crippen LogP contribution is 2.32. The highest BCUT2D eigenvalue weighted by Gasteiger charge is 2.19. The lowest BCUT2D eigenvalue weighted by Gasteiger charge is -2.20. The van der Waals surface area contributed by atoms with Crippen molar-refractivity contribution in [2.45, 2.75) is 51.6 Å². The van der Waals surface area contributed by atoms with Crippen molar-refractivity contribution in [2.24, 2.45) is 0 Å². The predicted octanol–water partition coefficient (Wildman–Crippen LogP) is 4.54. The quantitative estimate of drug-likeness (QED) is 0.436. The Labute approximate surface area is 175 Å². The summed E-state index contributed by atoms with van der Waals surface area (Å²) in [5.41, 5.74) is 3.96. The van der Waals surface area contributed by atoms with E-state index in [1.165, 1.54) is 16.4 Å². The van der Waals surface area contributed by atoms with Crippen LogP contribution in [0.1, 0.15) is 56.4 Å². The maximum Gasteiger partial charge on any atom is 0.234 e. The largest absolute Gasteiger partial charge is 0.469 e. The van der Waals surface area contributed by atoms with Crippen molar-refractivity contribution in [3.63, 3.8) is 0 Å². The van der Waals surface area contributed by atoms with Gasteiger partial charge >= 0.3 is 0 Å². The molecular weight excluding hydrogens is 386 g/mol. The minimum absolute atomic E-state index is 0.103. The van der Waals surface area contributed by atoms with Crippen LogP contribution in [0.3, 0.4) is 0 Å². The van der Waals surface area contributed by atoms with Gasteiger partial charge in [-0.2, -0.15) is 0 Å². The maximum absolute atomic E-state index is 12.7. The van der Waals surface area contributed by atoms with E-state index in [0.29, 0.717) is 28.6 Å². The zero-order valence-electron chi connectivity index (χ0n) is 17.4. The van der Waals surface area contributed by atoms with E-state index in [1.54, 1.807) is 12.3 Å². The standard InChI is InChI=1S/C21H27N5O2S/c1-12(2)15-7-6-8-16(13(3)4)19(15)23-18(27)11-29-21-25-24-20(26(21)22)17-9-10-28-14(17)5/h6-10,12-13H,11,22H2,1-5H3,(H,23,27). The molecule has 0 aliphatic rings. The molecule has 2 heterocycles. The average molecular weight is 414 g/mol. The molecule has 3 N–H and O–H groups in total. The second-order valence-electron chi connectivity index (χ2n) is 7.52. The van der Waals surface area contributed by atoms with Crippen LogP contribution in [0.25, 0.3) is 11.4 Å². The second kappa shape index (κ2) is 8.73. The van der Waals surface area contributed by atoms with Gasteiger partial charge in [0.1, 0.15) is 5.76 Å². The number of thioether (sulfide) groups is 1. The van der Waals surface area contributed by atoms with Crippen molar-refractivity contribution in [3.8, 4) is 11.4 Å². The van der Waals surface area contributed by atoms with Gasteiger partial charge in [0.2, 0.25) is 11.1 Å². The Balaban J connectivity index is 1.73. The Morgan fingerprint density at radius 2 is 1.83 bits per heavy atom. The zero-order valence-corrected chi connectivity index (χ0v) is 18.2. The number of nitrogens with two attached hydrogens (primary N) is 1. The predicted molar refractivity (Wildman–Crippen MR) is 117 cm³/mol. The fraction of sp³-hybridized carbons (Fsp3) is 0.381. The van der Waals surface area contributed by atoms with Crippen molar-refractivity contribution in [2.75, 3.05) is 16.9 Å². The van der Waals surface area contributed by atoms with Gasteiger partial charge in [-0.1, -0.05) is 57.7 Å². The number of amides is 1. The number of aryl methyl sites for hydroxylation is 1. The van der Waals surface area contributed by atoms with Gasteiger partial charge in [-0.05, 0) is 36.0 Å². The summed E-state index contributed by atoms with van der Waals surface area (Å²) in [5, 5.41) is 11.8. The lowest BCUT2D eigenvalue weighted by molar-refractivity contribution is -0.113. The van der Waals surface area contributed by atoms with E-state index in [4.69, 9.17) is 10.3 Å². The number of benzene rings is 1. The summed E-state index contributed by atoms with van der Waals surface area (Å²) in [6.07, 6.45) is 1.58. The molecule has 0 aliphatic carbocycles. The van der Waals surface area contributed by atoms with Crippen LogP contribution in [0.15, 0.2) is 40.1 Å². The number of anilines is 1. The van der Waals surface area contributed by atoms with Crippen molar-refractivity contribution in [1.29, 1.82) is 0 Å². The van der Waals surface area contributed by atoms with E-state index in [1.807, 2.05) is 13.0 Å². The van der Waals surface area contributed by atoms with Crippen molar-refractivity contribution in [1.82, 2.24) is 14.9 Å². The van der Waals surface area contributed by atoms with E-state index in [-0.39, 0.29) is 11.7 Å². The highest BCUT2D eigenvalue weighted by atomic mass is 32.2. The number of carbonyl (C=O) groups is 1. The van der Waals surface area contributed by atoms with Gasteiger partial charge in [0.25, 0.3) is 0 Å².